The Bertz CT molecular complexity index is 954. The zero-order valence-electron chi connectivity index (χ0n) is 16.4. The number of hydrogen-bond acceptors (Lipinski definition) is 3. The molecule has 3 rings (SSSR count). The van der Waals surface area contributed by atoms with E-state index >= 15 is 0 Å². The molecule has 0 aliphatic carbocycles. The molecule has 0 aliphatic heterocycles. The number of pyridine rings is 1. The number of nitrogens with one attached hydrogen (secondary N) is 2. The topological polar surface area (TPSA) is 60.1 Å². The first-order chi connectivity index (χ1) is 13.5. The van der Waals surface area contributed by atoms with Crippen molar-refractivity contribution in [2.45, 2.75) is 12.3 Å². The average Bonchev–Trinajstić information content (AvgIpc) is 3.08. The second-order valence-corrected chi connectivity index (χ2v) is 7.50. The van der Waals surface area contributed by atoms with Crippen LogP contribution in [-0.2, 0) is 4.79 Å². The molecular weight excluding hydrogens is 376 g/mol. The number of quaternary nitrogens is 1. The van der Waals surface area contributed by atoms with Crippen LogP contribution in [0.4, 0.5) is 0 Å². The summed E-state index contributed by atoms with van der Waals surface area (Å²) in [5.41, 5.74) is 2.63. The van der Waals surface area contributed by atoms with Crippen LogP contribution in [0.25, 0.3) is 5.65 Å². The lowest BCUT2D eigenvalue weighted by atomic mass is 9.91. The van der Waals surface area contributed by atoms with E-state index in [1.807, 2.05) is 47.0 Å². The summed E-state index contributed by atoms with van der Waals surface area (Å²) in [5.74, 6) is 0.528. The van der Waals surface area contributed by atoms with Gasteiger partial charge in [-0.3, -0.25) is 4.79 Å². The fraction of sp³-hybridized carbons (Fsp3) is 0.333. The number of rotatable bonds is 8. The van der Waals surface area contributed by atoms with Gasteiger partial charge in [-0.25, -0.2) is 4.98 Å². The van der Waals surface area contributed by atoms with Crippen molar-refractivity contribution in [2.24, 2.45) is 0 Å². The zero-order valence-corrected chi connectivity index (χ0v) is 17.2. The predicted molar refractivity (Wildman–Crippen MR) is 110 cm³/mol. The van der Waals surface area contributed by atoms with Gasteiger partial charge in [0.25, 0.3) is 0 Å². The number of carbonyl (C=O) groups is 1. The minimum Gasteiger partial charge on any atom is -0.496 e. The quantitative estimate of drug-likeness (QED) is 0.605. The zero-order chi connectivity index (χ0) is 20.1. The average molecular weight is 402 g/mol. The first-order valence-electron chi connectivity index (χ1n) is 9.30. The van der Waals surface area contributed by atoms with Gasteiger partial charge >= 0.3 is 0 Å². The number of imidazole rings is 1. The predicted octanol–water partition coefficient (Wildman–Crippen LogP) is 1.78. The Balaban J connectivity index is 1.97. The van der Waals surface area contributed by atoms with E-state index in [-0.39, 0.29) is 11.8 Å². The van der Waals surface area contributed by atoms with Crippen LogP contribution in [0.15, 0.2) is 48.8 Å². The van der Waals surface area contributed by atoms with Crippen molar-refractivity contribution in [1.29, 1.82) is 0 Å². The molecule has 1 amide bonds. The Labute approximate surface area is 170 Å². The Kier molecular flexibility index (Phi) is 6.54. The molecule has 7 heteroatoms. The van der Waals surface area contributed by atoms with E-state index in [0.29, 0.717) is 18.0 Å². The van der Waals surface area contributed by atoms with Gasteiger partial charge in [-0.15, -0.1) is 0 Å². The molecule has 1 aromatic carbocycles. The van der Waals surface area contributed by atoms with Gasteiger partial charge in [-0.05, 0) is 18.2 Å². The van der Waals surface area contributed by atoms with Crippen molar-refractivity contribution in [2.75, 3.05) is 34.3 Å². The lowest BCUT2D eigenvalue weighted by molar-refractivity contribution is -0.856. The molecule has 2 N–H and O–H groups in total. The number of benzene rings is 1. The number of halogens is 1. The third-order valence-corrected chi connectivity index (χ3v) is 4.93. The third-order valence-electron chi connectivity index (χ3n) is 4.71. The summed E-state index contributed by atoms with van der Waals surface area (Å²) >= 11 is 6.21. The molecule has 28 heavy (non-hydrogen) atoms. The number of ether oxygens (including phenoxy) is 1. The monoisotopic (exact) mass is 401 g/mol. The van der Waals surface area contributed by atoms with Crippen LogP contribution in [0.2, 0.25) is 5.02 Å². The van der Waals surface area contributed by atoms with Crippen molar-refractivity contribution in [3.05, 3.63) is 65.1 Å². The highest BCUT2D eigenvalue weighted by Gasteiger charge is 2.24. The molecule has 148 valence electrons. The summed E-state index contributed by atoms with van der Waals surface area (Å²) in [4.78, 5) is 18.5. The summed E-state index contributed by atoms with van der Waals surface area (Å²) < 4.78 is 7.50. The van der Waals surface area contributed by atoms with Gasteiger partial charge in [0.05, 0.1) is 45.0 Å². The number of amides is 1. The van der Waals surface area contributed by atoms with Crippen LogP contribution in [0.1, 0.15) is 23.6 Å². The van der Waals surface area contributed by atoms with E-state index in [4.69, 9.17) is 16.3 Å². The number of hydrogen-bond donors (Lipinski definition) is 2. The lowest BCUT2D eigenvalue weighted by Crippen LogP contribution is -3.06. The minimum absolute atomic E-state index is 0.00543. The molecule has 0 bridgehead atoms. The number of nitrogens with zero attached hydrogens (tertiary/aromatic N) is 2. The summed E-state index contributed by atoms with van der Waals surface area (Å²) in [5, 5.41) is 3.63. The first kappa shape index (κ1) is 20.2. The summed E-state index contributed by atoms with van der Waals surface area (Å²) in [7, 11) is 5.76. The van der Waals surface area contributed by atoms with Gasteiger partial charge in [-0.2, -0.15) is 0 Å². The Morgan fingerprint density at radius 2 is 2.07 bits per heavy atom. The van der Waals surface area contributed by atoms with Crippen LogP contribution < -0.4 is 15.0 Å². The van der Waals surface area contributed by atoms with Gasteiger partial charge < -0.3 is 19.4 Å². The van der Waals surface area contributed by atoms with E-state index in [9.17, 15) is 4.79 Å². The number of aromatic nitrogens is 2. The number of carbonyl (C=O) groups excluding carboxylic acids is 1. The van der Waals surface area contributed by atoms with Crippen molar-refractivity contribution in [3.63, 3.8) is 0 Å². The highest BCUT2D eigenvalue weighted by atomic mass is 35.5. The maximum absolute atomic E-state index is 12.7. The highest BCUT2D eigenvalue weighted by Crippen LogP contribution is 2.35. The van der Waals surface area contributed by atoms with E-state index in [0.717, 1.165) is 29.2 Å². The molecule has 0 spiro atoms. The fourth-order valence-electron chi connectivity index (χ4n) is 3.27. The number of para-hydroxylation sites is 1. The number of likely N-dealkylation sites (N-methyl/N-ethyl adjacent to an activating group) is 1. The highest BCUT2D eigenvalue weighted by molar-refractivity contribution is 6.30. The fourth-order valence-corrected chi connectivity index (χ4v) is 3.43. The van der Waals surface area contributed by atoms with Gasteiger partial charge in [0.15, 0.2) is 0 Å². The molecule has 1 atom stereocenters. The Morgan fingerprint density at radius 1 is 1.29 bits per heavy atom. The number of fused-ring (bicyclic) bond motifs is 1. The van der Waals surface area contributed by atoms with Crippen LogP contribution in [0.3, 0.4) is 0 Å². The van der Waals surface area contributed by atoms with E-state index < -0.39 is 0 Å². The molecule has 3 aromatic rings. The maximum Gasteiger partial charge on any atom is 0.221 e. The largest absolute Gasteiger partial charge is 0.496 e. The summed E-state index contributed by atoms with van der Waals surface area (Å²) in [6, 6.07) is 11.4. The Hall–Kier alpha value is -2.57. The Morgan fingerprint density at radius 3 is 2.82 bits per heavy atom. The van der Waals surface area contributed by atoms with E-state index in [1.54, 1.807) is 13.3 Å². The van der Waals surface area contributed by atoms with Crippen LogP contribution in [0, 0.1) is 0 Å². The van der Waals surface area contributed by atoms with E-state index in [2.05, 4.69) is 24.4 Å². The molecular formula is C21H26ClN4O2+. The molecule has 0 radical (unpaired) electrons. The van der Waals surface area contributed by atoms with Crippen molar-refractivity contribution in [3.8, 4) is 5.75 Å². The molecule has 0 unspecified atom stereocenters. The van der Waals surface area contributed by atoms with Crippen molar-refractivity contribution >= 4 is 23.2 Å². The summed E-state index contributed by atoms with van der Waals surface area (Å²) in [6.07, 6.45) is 3.93. The second-order valence-electron chi connectivity index (χ2n) is 7.06. The summed E-state index contributed by atoms with van der Waals surface area (Å²) in [6.45, 7) is 1.51. The van der Waals surface area contributed by atoms with Gasteiger partial charge in [0.2, 0.25) is 5.91 Å². The first-order valence-corrected chi connectivity index (χ1v) is 9.68. The van der Waals surface area contributed by atoms with E-state index in [1.165, 1.54) is 4.90 Å². The molecule has 0 fully saturated rings. The van der Waals surface area contributed by atoms with Crippen LogP contribution in [-0.4, -0.2) is 49.6 Å². The van der Waals surface area contributed by atoms with Crippen LogP contribution in [0.5, 0.6) is 5.75 Å². The molecule has 0 saturated carbocycles. The molecule has 2 heterocycles. The van der Waals surface area contributed by atoms with Gasteiger partial charge in [0, 0.05) is 30.3 Å². The lowest BCUT2D eigenvalue weighted by Gasteiger charge is -2.20. The van der Waals surface area contributed by atoms with Gasteiger partial charge in [-0.1, -0.05) is 29.8 Å². The van der Waals surface area contributed by atoms with Crippen molar-refractivity contribution in [1.82, 2.24) is 14.7 Å². The molecule has 0 saturated heterocycles. The van der Waals surface area contributed by atoms with Gasteiger partial charge in [0.1, 0.15) is 11.4 Å². The van der Waals surface area contributed by atoms with Crippen molar-refractivity contribution < 1.29 is 14.4 Å². The minimum atomic E-state index is -0.212. The SMILES string of the molecule is COc1ccccc1[C@H](CC(=O)NCC[NH+](C)C)c1cnc2ccc(Cl)cn12. The normalized spacial score (nSPS) is 12.3. The standard InChI is InChI=1S/C21H25ClN4O2/c1-25(2)11-10-23-21(27)12-17(16-6-4-5-7-19(16)28-3)18-13-24-20-9-8-15(22)14-26(18)20/h4-9,13-14,17H,10-12H2,1-3H3,(H,23,27)/p+1/t17-/m0/s1. The van der Waals surface area contributed by atoms with Crippen LogP contribution >= 0.6 is 11.6 Å². The molecule has 0 aliphatic rings. The molecule has 2 aromatic heterocycles. The maximum atomic E-state index is 12.7. The smallest absolute Gasteiger partial charge is 0.221 e. The third kappa shape index (κ3) is 4.64. The number of methoxy groups -OCH3 is 1. The second kappa shape index (κ2) is 9.08. The molecule has 6 nitrogen and oxygen atoms in total.